The molecule has 2 saturated carbocycles. The third kappa shape index (κ3) is 5.05. The normalized spacial score (nSPS) is 26.0. The maximum atomic E-state index is 4.17. The van der Waals surface area contributed by atoms with Crippen LogP contribution in [0.4, 0.5) is 0 Å². The van der Waals surface area contributed by atoms with Gasteiger partial charge in [-0.3, -0.25) is 0 Å². The Morgan fingerprint density at radius 2 is 0.364 bits per heavy atom. The molecule has 0 aromatic carbocycles. The topological polar surface area (TPSA) is 0 Å². The van der Waals surface area contributed by atoms with Crippen LogP contribution >= 0.6 is 8.86 Å². The molecule has 0 spiro atoms. The summed E-state index contributed by atoms with van der Waals surface area (Å²) in [6.07, 6.45) is 0. The molecule has 0 unspecified atom stereocenters. The minimum absolute atomic E-state index is 1.13. The number of rotatable bonds is 0. The van der Waals surface area contributed by atoms with Crippen molar-refractivity contribution in [2.24, 2.45) is 0 Å². The van der Waals surface area contributed by atoms with Gasteiger partial charge in [0.2, 0.25) is 0 Å². The molecule has 2 fully saturated rings. The standard InChI is InChI=1S/2C10H15.S.Zr/c2*1-6-7(2)9(4)10(5)8(6)3;;/h2*1-5H3;;. The summed E-state index contributed by atoms with van der Waals surface area (Å²) in [5.41, 5.74) is 0. The first kappa shape index (κ1) is 23.1. The Kier molecular flexibility index (Phi) is 10.7. The first-order valence-electron chi connectivity index (χ1n) is 7.70. The molecule has 0 heterocycles. The first-order chi connectivity index (χ1) is 10.1. The van der Waals surface area contributed by atoms with Gasteiger partial charge in [0.15, 0.2) is 0 Å². The molecule has 120 valence electrons. The molecule has 10 radical (unpaired) electrons. The van der Waals surface area contributed by atoms with Crippen LogP contribution in [-0.4, -0.2) is 0 Å². The molecular weight excluding hydrogens is 364 g/mol. The molecule has 2 heteroatoms. The van der Waals surface area contributed by atoms with E-state index in [4.69, 9.17) is 0 Å². The van der Waals surface area contributed by atoms with Crippen LogP contribution in [0.15, 0.2) is 0 Å². The van der Waals surface area contributed by atoms with Crippen molar-refractivity contribution in [3.8, 4) is 0 Å². The van der Waals surface area contributed by atoms with E-state index in [1.54, 1.807) is 0 Å². The fourth-order valence-electron chi connectivity index (χ4n) is 2.81. The molecule has 0 amide bonds. The predicted molar refractivity (Wildman–Crippen MR) is 96.8 cm³/mol. The molecular formula is C20H30SZr. The fraction of sp³-hybridized carbons (Fsp3) is 0.500. The molecule has 2 aliphatic rings. The van der Waals surface area contributed by atoms with Gasteiger partial charge in [0.1, 0.15) is 0 Å². The molecule has 0 saturated heterocycles. The van der Waals surface area contributed by atoms with E-state index in [-0.39, 0.29) is 0 Å². The Morgan fingerprint density at radius 3 is 0.409 bits per heavy atom. The minimum atomic E-state index is 1.13. The predicted octanol–water partition coefficient (Wildman–Crippen LogP) is 6.59. The quantitative estimate of drug-likeness (QED) is 0.447. The van der Waals surface area contributed by atoms with Gasteiger partial charge in [-0.15, -0.1) is 0 Å². The fourth-order valence-corrected chi connectivity index (χ4v) is 2.81. The van der Waals surface area contributed by atoms with Gasteiger partial charge in [-0.25, -0.2) is 0 Å². The van der Waals surface area contributed by atoms with E-state index < -0.39 is 0 Å². The van der Waals surface area contributed by atoms with E-state index in [0.29, 0.717) is 0 Å². The van der Waals surface area contributed by atoms with Crippen LogP contribution in [0.2, 0.25) is 0 Å². The summed E-state index contributed by atoms with van der Waals surface area (Å²) in [4.78, 5) is 0. The summed E-state index contributed by atoms with van der Waals surface area (Å²) in [5, 5.41) is 0. The van der Waals surface area contributed by atoms with Crippen LogP contribution in [0, 0.1) is 59.2 Å². The van der Waals surface area contributed by atoms with Gasteiger partial charge in [0.25, 0.3) is 0 Å². The summed E-state index contributed by atoms with van der Waals surface area (Å²) in [7, 11) is 4.17. The van der Waals surface area contributed by atoms with E-state index in [2.05, 4.69) is 78.1 Å². The Morgan fingerprint density at radius 1 is 0.318 bits per heavy atom. The molecule has 0 nitrogen and oxygen atoms in total. The maximum absolute atomic E-state index is 4.17. The van der Waals surface area contributed by atoms with Crippen molar-refractivity contribution in [1.29, 1.82) is 0 Å². The molecule has 0 aliphatic heterocycles. The average molecular weight is 394 g/mol. The second-order valence-corrected chi connectivity index (χ2v) is 6.25. The third-order valence-corrected chi connectivity index (χ3v) is 5.62. The van der Waals surface area contributed by atoms with Crippen molar-refractivity contribution in [2.75, 3.05) is 0 Å². The molecule has 0 bridgehead atoms. The van der Waals surface area contributed by atoms with Crippen LogP contribution < -0.4 is 0 Å². The van der Waals surface area contributed by atoms with Crippen molar-refractivity contribution < 1.29 is 22.7 Å². The molecule has 0 N–H and O–H groups in total. The molecule has 0 atom stereocenters. The molecule has 0 aromatic heterocycles. The van der Waals surface area contributed by atoms with E-state index in [0.717, 1.165) is 22.7 Å². The zero-order chi connectivity index (χ0) is 17.8. The van der Waals surface area contributed by atoms with E-state index in [1.165, 1.54) is 59.2 Å². The molecule has 0 aromatic rings. The van der Waals surface area contributed by atoms with Crippen molar-refractivity contribution >= 4 is 8.86 Å². The van der Waals surface area contributed by atoms with Gasteiger partial charge in [-0.2, -0.15) is 0 Å². The van der Waals surface area contributed by atoms with Gasteiger partial charge in [-0.05, 0) is 59.2 Å². The third-order valence-electron chi connectivity index (χ3n) is 5.62. The summed E-state index contributed by atoms with van der Waals surface area (Å²) < 4.78 is 0. The van der Waals surface area contributed by atoms with E-state index >= 15 is 0 Å². The summed E-state index contributed by atoms with van der Waals surface area (Å²) >= 11 is 1.13. The van der Waals surface area contributed by atoms with Crippen LogP contribution in [-0.2, 0) is 22.7 Å². The monoisotopic (exact) mass is 392 g/mol. The van der Waals surface area contributed by atoms with Gasteiger partial charge in [0.05, 0.1) is 0 Å². The van der Waals surface area contributed by atoms with Gasteiger partial charge >= 0.3 is 31.5 Å². The molecule has 2 rings (SSSR count). The van der Waals surface area contributed by atoms with Crippen molar-refractivity contribution in [3.05, 3.63) is 59.2 Å². The average Bonchev–Trinajstić information content (AvgIpc) is 2.81. The van der Waals surface area contributed by atoms with Crippen molar-refractivity contribution in [1.82, 2.24) is 0 Å². The van der Waals surface area contributed by atoms with Crippen LogP contribution in [0.1, 0.15) is 69.2 Å². The van der Waals surface area contributed by atoms with Gasteiger partial charge in [-0.1, -0.05) is 69.2 Å². The van der Waals surface area contributed by atoms with E-state index in [9.17, 15) is 0 Å². The van der Waals surface area contributed by atoms with Crippen LogP contribution in [0.3, 0.4) is 0 Å². The number of hydrogen-bond acceptors (Lipinski definition) is 1. The van der Waals surface area contributed by atoms with Crippen molar-refractivity contribution in [2.45, 2.75) is 69.2 Å². The zero-order valence-electron chi connectivity index (χ0n) is 15.9. The Hall–Kier alpha value is 1.10. The second-order valence-electron chi connectivity index (χ2n) is 6.25. The van der Waals surface area contributed by atoms with Crippen LogP contribution in [0.25, 0.3) is 0 Å². The van der Waals surface area contributed by atoms with Gasteiger partial charge < -0.3 is 0 Å². The second kappa shape index (κ2) is 10.2. The Balaban J connectivity index is 0.000000360. The molecule has 22 heavy (non-hydrogen) atoms. The Bertz CT molecular complexity index is 199. The van der Waals surface area contributed by atoms with E-state index in [1.807, 2.05) is 0 Å². The number of hydrogen-bond donors (Lipinski definition) is 0. The SMILES string of the molecule is C[C]1[C](C)[C](C)[C](C)[C]1C.C[C]1[C](C)[C](C)[C](C)[C]1C.[S]=[Zr]. The van der Waals surface area contributed by atoms with Gasteiger partial charge in [0, 0.05) is 0 Å². The Labute approximate surface area is 159 Å². The first-order valence-corrected chi connectivity index (χ1v) is 11.1. The van der Waals surface area contributed by atoms with Crippen LogP contribution in [0.5, 0.6) is 0 Å². The summed E-state index contributed by atoms with van der Waals surface area (Å²) in [6.45, 7) is 22.0. The summed E-state index contributed by atoms with van der Waals surface area (Å²) in [5.74, 6) is 14.7. The summed E-state index contributed by atoms with van der Waals surface area (Å²) in [6, 6.07) is 0. The molecule has 2 aliphatic carbocycles. The zero-order valence-corrected chi connectivity index (χ0v) is 19.2. The van der Waals surface area contributed by atoms with Crippen molar-refractivity contribution in [3.63, 3.8) is 0 Å².